The van der Waals surface area contributed by atoms with Gasteiger partial charge in [-0.25, -0.2) is 4.79 Å². The van der Waals surface area contributed by atoms with Crippen LogP contribution in [0.25, 0.3) is 0 Å². The molecule has 8 nitrogen and oxygen atoms in total. The van der Waals surface area contributed by atoms with Gasteiger partial charge in [0.25, 0.3) is 5.91 Å². The first-order valence-electron chi connectivity index (χ1n) is 14.4. The Hall–Kier alpha value is -2.48. The maximum absolute atomic E-state index is 13.0. The van der Waals surface area contributed by atoms with Crippen LogP contribution in [-0.4, -0.2) is 78.8 Å². The second kappa shape index (κ2) is 12.9. The van der Waals surface area contributed by atoms with E-state index in [0.717, 1.165) is 31.0 Å². The van der Waals surface area contributed by atoms with Crippen molar-refractivity contribution in [2.75, 3.05) is 49.9 Å². The van der Waals surface area contributed by atoms with Gasteiger partial charge in [0.2, 0.25) is 0 Å². The first-order chi connectivity index (χ1) is 17.8. The first kappa shape index (κ1) is 27.6. The van der Waals surface area contributed by atoms with E-state index in [2.05, 4.69) is 26.9 Å². The van der Waals surface area contributed by atoms with E-state index < -0.39 is 5.60 Å². The van der Waals surface area contributed by atoms with Crippen LogP contribution in [0.15, 0.2) is 18.2 Å². The summed E-state index contributed by atoms with van der Waals surface area (Å²) >= 11 is 0. The lowest BCUT2D eigenvalue weighted by molar-refractivity contribution is 0.0147. The minimum atomic E-state index is -0.477. The van der Waals surface area contributed by atoms with Gasteiger partial charge in [0.1, 0.15) is 5.60 Å². The molecule has 0 atom stereocenters. The molecule has 0 radical (unpaired) electrons. The second-order valence-electron chi connectivity index (χ2n) is 11.9. The number of carbonyl (C=O) groups excluding carboxylic acids is 2. The van der Waals surface area contributed by atoms with Crippen molar-refractivity contribution < 1.29 is 14.3 Å². The summed E-state index contributed by atoms with van der Waals surface area (Å²) in [6, 6.07) is 7.06. The van der Waals surface area contributed by atoms with Crippen molar-refractivity contribution in [2.45, 2.75) is 96.2 Å². The third-order valence-corrected chi connectivity index (χ3v) is 7.70. The van der Waals surface area contributed by atoms with Crippen LogP contribution in [0, 0.1) is 0 Å². The van der Waals surface area contributed by atoms with E-state index >= 15 is 0 Å². The van der Waals surface area contributed by atoms with E-state index in [4.69, 9.17) is 4.74 Å². The molecule has 2 saturated carbocycles. The summed E-state index contributed by atoms with van der Waals surface area (Å²) in [6.07, 6.45) is 11.0. The number of benzene rings is 1. The molecule has 1 aromatic carbocycles. The van der Waals surface area contributed by atoms with Crippen LogP contribution >= 0.6 is 0 Å². The maximum Gasteiger partial charge on any atom is 0.410 e. The molecule has 3 N–H and O–H groups in total. The molecule has 1 aromatic rings. The molecule has 3 fully saturated rings. The van der Waals surface area contributed by atoms with Gasteiger partial charge in [0.15, 0.2) is 0 Å². The van der Waals surface area contributed by atoms with Crippen molar-refractivity contribution in [1.29, 1.82) is 0 Å². The summed E-state index contributed by atoms with van der Waals surface area (Å²) in [7, 11) is 0. The number of ether oxygens (including phenoxy) is 1. The summed E-state index contributed by atoms with van der Waals surface area (Å²) in [5.41, 5.74) is 2.40. The smallest absolute Gasteiger partial charge is 0.410 e. The number of hydrogen-bond acceptors (Lipinski definition) is 6. The van der Waals surface area contributed by atoms with E-state index in [1.807, 2.05) is 32.9 Å². The lowest BCUT2D eigenvalue weighted by atomic mass is 9.95. The molecule has 1 saturated heterocycles. The molecule has 0 aromatic heterocycles. The molecule has 0 spiro atoms. The zero-order chi connectivity index (χ0) is 26.3. The molecule has 2 amide bonds. The van der Waals surface area contributed by atoms with E-state index in [-0.39, 0.29) is 12.0 Å². The molecule has 3 aliphatic rings. The van der Waals surface area contributed by atoms with Gasteiger partial charge < -0.3 is 25.6 Å². The van der Waals surface area contributed by atoms with Crippen LogP contribution in [-0.2, 0) is 4.74 Å². The van der Waals surface area contributed by atoms with Gasteiger partial charge in [0, 0.05) is 56.9 Å². The van der Waals surface area contributed by atoms with Gasteiger partial charge >= 0.3 is 6.09 Å². The Morgan fingerprint density at radius 2 is 1.46 bits per heavy atom. The second-order valence-corrected chi connectivity index (χ2v) is 11.9. The van der Waals surface area contributed by atoms with Gasteiger partial charge in [-0.3, -0.25) is 9.69 Å². The molecule has 206 valence electrons. The van der Waals surface area contributed by atoms with Crippen LogP contribution in [0.3, 0.4) is 0 Å². The quantitative estimate of drug-likeness (QED) is 0.450. The Balaban J connectivity index is 1.27. The Kier molecular flexibility index (Phi) is 9.57. The maximum atomic E-state index is 13.0. The normalized spacial score (nSPS) is 20.0. The fourth-order valence-electron chi connectivity index (χ4n) is 5.60. The zero-order valence-corrected chi connectivity index (χ0v) is 23.1. The fraction of sp³-hybridized carbons (Fsp3) is 0.724. The van der Waals surface area contributed by atoms with Crippen LogP contribution in [0.1, 0.15) is 88.9 Å². The Labute approximate surface area is 222 Å². The molecule has 0 unspecified atom stereocenters. The molecule has 2 aliphatic carbocycles. The van der Waals surface area contributed by atoms with Crippen molar-refractivity contribution in [3.63, 3.8) is 0 Å². The lowest BCUT2D eigenvalue weighted by Crippen LogP contribution is -2.51. The van der Waals surface area contributed by atoms with Gasteiger partial charge in [0.05, 0.1) is 11.4 Å². The molecular weight excluding hydrogens is 466 g/mol. The van der Waals surface area contributed by atoms with Crippen molar-refractivity contribution >= 4 is 23.4 Å². The van der Waals surface area contributed by atoms with Gasteiger partial charge in [-0.1, -0.05) is 32.1 Å². The number of carbonyl (C=O) groups is 2. The van der Waals surface area contributed by atoms with Gasteiger partial charge in [-0.15, -0.1) is 0 Å². The number of amides is 2. The van der Waals surface area contributed by atoms with Crippen molar-refractivity contribution in [2.24, 2.45) is 0 Å². The van der Waals surface area contributed by atoms with Gasteiger partial charge in [-0.05, 0) is 64.7 Å². The minimum absolute atomic E-state index is 0.0360. The molecule has 0 bridgehead atoms. The zero-order valence-electron chi connectivity index (χ0n) is 23.1. The largest absolute Gasteiger partial charge is 0.444 e. The van der Waals surface area contributed by atoms with Gasteiger partial charge in [-0.2, -0.15) is 0 Å². The van der Waals surface area contributed by atoms with E-state index in [9.17, 15) is 9.59 Å². The third-order valence-electron chi connectivity index (χ3n) is 7.70. The monoisotopic (exact) mass is 513 g/mol. The summed E-state index contributed by atoms with van der Waals surface area (Å²) in [5, 5.41) is 10.6. The van der Waals surface area contributed by atoms with Crippen molar-refractivity contribution in [3.8, 4) is 0 Å². The summed E-state index contributed by atoms with van der Waals surface area (Å²) in [4.78, 5) is 29.3. The molecule has 37 heavy (non-hydrogen) atoms. The van der Waals surface area contributed by atoms with Crippen molar-refractivity contribution in [1.82, 2.24) is 15.1 Å². The number of anilines is 2. The summed E-state index contributed by atoms with van der Waals surface area (Å²) < 4.78 is 5.48. The van der Waals surface area contributed by atoms with E-state index in [1.54, 1.807) is 4.90 Å². The van der Waals surface area contributed by atoms with E-state index in [1.165, 1.54) is 57.8 Å². The van der Waals surface area contributed by atoms with E-state index in [0.29, 0.717) is 37.3 Å². The standard InChI is InChI=1S/C29H47N5O3/c1-29(2,3)37-28(36)34-19-17-33(18-20-34)16-15-30-27(35)22-13-14-25(31-23-9-5-4-6-10-23)26(21-22)32-24-11-7-8-12-24/h13-14,21,23-24,31-32H,4-12,15-20H2,1-3H3,(H,30,35). The molecule has 1 heterocycles. The number of hydrogen-bond donors (Lipinski definition) is 3. The highest BCUT2D eigenvalue weighted by Gasteiger charge is 2.26. The lowest BCUT2D eigenvalue weighted by Gasteiger charge is -2.35. The van der Waals surface area contributed by atoms with Crippen LogP contribution in [0.4, 0.5) is 16.2 Å². The summed E-state index contributed by atoms with van der Waals surface area (Å²) in [6.45, 7) is 9.87. The molecule has 4 rings (SSSR count). The van der Waals surface area contributed by atoms with Crippen LogP contribution in [0.5, 0.6) is 0 Å². The highest BCUT2D eigenvalue weighted by atomic mass is 16.6. The average Bonchev–Trinajstić information content (AvgIpc) is 3.38. The Morgan fingerprint density at radius 3 is 2.08 bits per heavy atom. The highest BCUT2D eigenvalue weighted by molar-refractivity contribution is 5.96. The predicted molar refractivity (Wildman–Crippen MR) is 149 cm³/mol. The fourth-order valence-corrected chi connectivity index (χ4v) is 5.60. The highest BCUT2D eigenvalue weighted by Crippen LogP contribution is 2.31. The number of rotatable bonds is 8. The SMILES string of the molecule is CC(C)(C)OC(=O)N1CCN(CCNC(=O)c2ccc(NC3CCCCC3)c(NC3CCCC3)c2)CC1. The number of nitrogens with one attached hydrogen (secondary N) is 3. The Bertz CT molecular complexity index is 895. The summed E-state index contributed by atoms with van der Waals surface area (Å²) in [5.74, 6) is -0.0360. The first-order valence-corrected chi connectivity index (χ1v) is 14.4. The third kappa shape index (κ3) is 8.52. The number of nitrogens with zero attached hydrogens (tertiary/aromatic N) is 2. The predicted octanol–water partition coefficient (Wildman–Crippen LogP) is 5.07. The number of piperazine rings is 1. The molecular formula is C29H47N5O3. The van der Waals surface area contributed by atoms with Crippen LogP contribution < -0.4 is 16.0 Å². The van der Waals surface area contributed by atoms with Crippen molar-refractivity contribution in [3.05, 3.63) is 23.8 Å². The molecule has 8 heteroatoms. The minimum Gasteiger partial charge on any atom is -0.444 e. The Morgan fingerprint density at radius 1 is 0.865 bits per heavy atom. The molecule has 1 aliphatic heterocycles. The average molecular weight is 514 g/mol. The topological polar surface area (TPSA) is 85.9 Å². The van der Waals surface area contributed by atoms with Crippen LogP contribution in [0.2, 0.25) is 0 Å².